The fourth-order valence-corrected chi connectivity index (χ4v) is 1.35. The van der Waals surface area contributed by atoms with E-state index in [9.17, 15) is 9.59 Å². The first kappa shape index (κ1) is 14.0. The first-order chi connectivity index (χ1) is 8.40. The molecule has 0 spiro atoms. The number of carboxylic acids is 1. The maximum absolute atomic E-state index is 11.7. The van der Waals surface area contributed by atoms with Crippen molar-refractivity contribution in [2.24, 2.45) is 5.92 Å². The van der Waals surface area contributed by atoms with E-state index in [2.05, 4.69) is 10.3 Å². The van der Waals surface area contributed by atoms with Gasteiger partial charge in [-0.05, 0) is 26.0 Å². The molecule has 6 nitrogen and oxygen atoms in total. The number of hydrogen-bond acceptors (Lipinski definition) is 4. The molecule has 0 saturated carbocycles. The zero-order valence-electron chi connectivity index (χ0n) is 10.4. The second kappa shape index (κ2) is 6.00. The van der Waals surface area contributed by atoms with Gasteiger partial charge in [0.05, 0.1) is 24.2 Å². The van der Waals surface area contributed by atoms with Gasteiger partial charge in [0, 0.05) is 11.7 Å². The van der Waals surface area contributed by atoms with E-state index in [0.717, 1.165) is 0 Å². The number of carbonyl (C=O) groups excluding carboxylic acids is 1. The summed E-state index contributed by atoms with van der Waals surface area (Å²) in [5.74, 6) is -1.82. The monoisotopic (exact) mass is 251 g/mol. The number of hydrogen-bond donors (Lipinski definition) is 3. The van der Waals surface area contributed by atoms with Crippen LogP contribution in [0.1, 0.15) is 19.5 Å². The lowest BCUT2D eigenvalue weighted by atomic mass is 10.0. The number of anilines is 1. The van der Waals surface area contributed by atoms with E-state index in [1.807, 2.05) is 0 Å². The van der Waals surface area contributed by atoms with Crippen LogP contribution >= 0.6 is 0 Å². The standard InChI is InChI=1S/C12H17N3O3/c1-7(12(17)18)8(2)15-11(16)5-10-4-3-9(13)6-14-10/h3-4,6-8H,5,13H2,1-2H3,(H,15,16)(H,17,18). The SMILES string of the molecule is CC(NC(=O)Cc1ccc(N)cn1)C(C)C(=O)O. The Bertz CT molecular complexity index is 431. The number of carboxylic acid groups (broad SMARTS) is 1. The number of aliphatic carboxylic acids is 1. The number of nitrogen functional groups attached to an aromatic ring is 1. The summed E-state index contributed by atoms with van der Waals surface area (Å²) in [5, 5.41) is 11.4. The number of aromatic nitrogens is 1. The second-order valence-corrected chi connectivity index (χ2v) is 4.24. The molecule has 0 aromatic carbocycles. The fourth-order valence-electron chi connectivity index (χ4n) is 1.35. The molecule has 2 atom stereocenters. The normalized spacial score (nSPS) is 13.7. The van der Waals surface area contributed by atoms with Gasteiger partial charge in [0.15, 0.2) is 0 Å². The van der Waals surface area contributed by atoms with E-state index in [1.54, 1.807) is 26.0 Å². The van der Waals surface area contributed by atoms with Crippen LogP contribution in [0.25, 0.3) is 0 Å². The van der Waals surface area contributed by atoms with Gasteiger partial charge in [0.2, 0.25) is 5.91 Å². The van der Waals surface area contributed by atoms with E-state index in [1.165, 1.54) is 6.20 Å². The summed E-state index contributed by atoms with van der Waals surface area (Å²) in [6.07, 6.45) is 1.59. The third-order valence-corrected chi connectivity index (χ3v) is 2.72. The molecule has 0 aliphatic carbocycles. The topological polar surface area (TPSA) is 105 Å². The molecule has 0 aliphatic rings. The van der Waals surface area contributed by atoms with Crippen molar-refractivity contribution in [1.29, 1.82) is 0 Å². The van der Waals surface area contributed by atoms with E-state index in [-0.39, 0.29) is 12.3 Å². The van der Waals surface area contributed by atoms with Crippen molar-refractivity contribution in [1.82, 2.24) is 10.3 Å². The molecule has 1 aromatic rings. The Morgan fingerprint density at radius 1 is 1.44 bits per heavy atom. The van der Waals surface area contributed by atoms with Crippen LogP contribution in [-0.2, 0) is 16.0 Å². The molecule has 1 heterocycles. The van der Waals surface area contributed by atoms with Crippen molar-refractivity contribution in [2.75, 3.05) is 5.73 Å². The van der Waals surface area contributed by atoms with Crippen LogP contribution in [0.3, 0.4) is 0 Å². The lowest BCUT2D eigenvalue weighted by molar-refractivity contribution is -0.142. The fraction of sp³-hybridized carbons (Fsp3) is 0.417. The number of nitrogens with one attached hydrogen (secondary N) is 1. The molecule has 0 aliphatic heterocycles. The zero-order valence-corrected chi connectivity index (χ0v) is 10.4. The molecule has 2 unspecified atom stereocenters. The highest BCUT2D eigenvalue weighted by Gasteiger charge is 2.20. The summed E-state index contributed by atoms with van der Waals surface area (Å²) in [7, 11) is 0. The van der Waals surface area contributed by atoms with Crippen LogP contribution in [0, 0.1) is 5.92 Å². The number of carbonyl (C=O) groups is 2. The van der Waals surface area contributed by atoms with Crippen LogP contribution in [-0.4, -0.2) is 28.0 Å². The molecule has 0 radical (unpaired) electrons. The second-order valence-electron chi connectivity index (χ2n) is 4.24. The largest absolute Gasteiger partial charge is 0.481 e. The number of nitrogens with zero attached hydrogens (tertiary/aromatic N) is 1. The minimum atomic E-state index is -0.937. The van der Waals surface area contributed by atoms with E-state index in [4.69, 9.17) is 10.8 Å². The zero-order chi connectivity index (χ0) is 13.7. The molecular weight excluding hydrogens is 234 g/mol. The van der Waals surface area contributed by atoms with Crippen LogP contribution in [0.2, 0.25) is 0 Å². The van der Waals surface area contributed by atoms with Gasteiger partial charge in [-0.3, -0.25) is 14.6 Å². The Balaban J connectivity index is 2.51. The van der Waals surface area contributed by atoms with Crippen molar-refractivity contribution < 1.29 is 14.7 Å². The number of nitrogens with two attached hydrogens (primary N) is 1. The molecule has 0 bridgehead atoms. The first-order valence-corrected chi connectivity index (χ1v) is 5.62. The van der Waals surface area contributed by atoms with Crippen molar-refractivity contribution in [3.05, 3.63) is 24.0 Å². The Kier molecular flexibility index (Phi) is 4.65. The van der Waals surface area contributed by atoms with Gasteiger partial charge in [-0.25, -0.2) is 0 Å². The average molecular weight is 251 g/mol. The predicted octanol–water partition coefficient (Wildman–Crippen LogP) is 0.432. The smallest absolute Gasteiger partial charge is 0.308 e. The van der Waals surface area contributed by atoms with Crippen LogP contribution in [0.5, 0.6) is 0 Å². The average Bonchev–Trinajstić information content (AvgIpc) is 2.30. The first-order valence-electron chi connectivity index (χ1n) is 5.62. The summed E-state index contributed by atoms with van der Waals surface area (Å²) in [4.78, 5) is 26.4. The van der Waals surface area contributed by atoms with E-state index in [0.29, 0.717) is 11.4 Å². The highest BCUT2D eigenvalue weighted by molar-refractivity contribution is 5.79. The van der Waals surface area contributed by atoms with Gasteiger partial charge in [0.25, 0.3) is 0 Å². The molecule has 0 fully saturated rings. The third kappa shape index (κ3) is 4.04. The highest BCUT2D eigenvalue weighted by atomic mass is 16.4. The molecule has 1 aromatic heterocycles. The Labute approximate surface area is 105 Å². The van der Waals surface area contributed by atoms with Crippen molar-refractivity contribution in [3.8, 4) is 0 Å². The molecule has 6 heteroatoms. The van der Waals surface area contributed by atoms with Gasteiger partial charge in [-0.15, -0.1) is 0 Å². The lowest BCUT2D eigenvalue weighted by Gasteiger charge is -2.17. The molecule has 98 valence electrons. The summed E-state index contributed by atoms with van der Waals surface area (Å²) in [6.45, 7) is 3.21. The maximum atomic E-state index is 11.7. The van der Waals surface area contributed by atoms with Gasteiger partial charge >= 0.3 is 5.97 Å². The van der Waals surface area contributed by atoms with Gasteiger partial charge in [-0.2, -0.15) is 0 Å². The lowest BCUT2D eigenvalue weighted by Crippen LogP contribution is -2.40. The summed E-state index contributed by atoms with van der Waals surface area (Å²) < 4.78 is 0. The van der Waals surface area contributed by atoms with Crippen molar-refractivity contribution in [2.45, 2.75) is 26.3 Å². The van der Waals surface area contributed by atoms with Crippen LogP contribution in [0.4, 0.5) is 5.69 Å². The van der Waals surface area contributed by atoms with Crippen LogP contribution < -0.4 is 11.1 Å². The van der Waals surface area contributed by atoms with Gasteiger partial charge in [-0.1, -0.05) is 0 Å². The summed E-state index contributed by atoms with van der Waals surface area (Å²) >= 11 is 0. The van der Waals surface area contributed by atoms with E-state index < -0.39 is 17.9 Å². The number of rotatable bonds is 5. The molecule has 1 rings (SSSR count). The Morgan fingerprint density at radius 3 is 2.61 bits per heavy atom. The van der Waals surface area contributed by atoms with Crippen LogP contribution in [0.15, 0.2) is 18.3 Å². The maximum Gasteiger partial charge on any atom is 0.308 e. The predicted molar refractivity (Wildman–Crippen MR) is 66.8 cm³/mol. The number of amides is 1. The quantitative estimate of drug-likeness (QED) is 0.703. The third-order valence-electron chi connectivity index (χ3n) is 2.72. The highest BCUT2D eigenvalue weighted by Crippen LogP contribution is 2.04. The molecule has 1 amide bonds. The summed E-state index contributed by atoms with van der Waals surface area (Å²) in [6, 6.07) is 2.91. The Hall–Kier alpha value is -2.11. The van der Waals surface area contributed by atoms with Gasteiger partial charge < -0.3 is 16.2 Å². The Morgan fingerprint density at radius 2 is 2.11 bits per heavy atom. The van der Waals surface area contributed by atoms with Gasteiger partial charge in [0.1, 0.15) is 0 Å². The number of pyridine rings is 1. The van der Waals surface area contributed by atoms with Crippen molar-refractivity contribution >= 4 is 17.6 Å². The molecule has 4 N–H and O–H groups in total. The molecule has 18 heavy (non-hydrogen) atoms. The van der Waals surface area contributed by atoms with Crippen molar-refractivity contribution in [3.63, 3.8) is 0 Å². The summed E-state index contributed by atoms with van der Waals surface area (Å²) in [5.41, 5.74) is 6.61. The van der Waals surface area contributed by atoms with E-state index >= 15 is 0 Å². The minimum Gasteiger partial charge on any atom is -0.481 e. The molecule has 0 saturated heterocycles. The minimum absolute atomic E-state index is 0.108. The molecular formula is C12H17N3O3.